The Morgan fingerprint density at radius 3 is 2.95 bits per heavy atom. The van der Waals surface area contributed by atoms with E-state index in [9.17, 15) is 4.79 Å². The van der Waals surface area contributed by atoms with Crippen LogP contribution < -0.4 is 0 Å². The number of pyridine rings is 1. The van der Waals surface area contributed by atoms with E-state index in [2.05, 4.69) is 21.9 Å². The third-order valence-corrected chi connectivity index (χ3v) is 2.89. The molecule has 3 rings (SSSR count). The highest BCUT2D eigenvalue weighted by molar-refractivity contribution is 6.14. The molecule has 19 heavy (non-hydrogen) atoms. The van der Waals surface area contributed by atoms with Crippen molar-refractivity contribution in [3.63, 3.8) is 0 Å². The fourth-order valence-electron chi connectivity index (χ4n) is 2.03. The maximum Gasteiger partial charge on any atom is 0.152 e. The highest BCUT2D eigenvalue weighted by atomic mass is 16.5. The van der Waals surface area contributed by atoms with Gasteiger partial charge in [-0.2, -0.15) is 0 Å². The van der Waals surface area contributed by atoms with Crippen LogP contribution in [-0.2, 0) is 4.79 Å². The Labute approximate surface area is 108 Å². The molecule has 0 aliphatic heterocycles. The lowest BCUT2D eigenvalue weighted by molar-refractivity contribution is -0.103. The summed E-state index contributed by atoms with van der Waals surface area (Å²) in [5.74, 6) is 0. The van der Waals surface area contributed by atoms with Crippen molar-refractivity contribution in [2.45, 2.75) is 0 Å². The van der Waals surface area contributed by atoms with Crippen LogP contribution in [0.2, 0.25) is 0 Å². The van der Waals surface area contributed by atoms with Crippen LogP contribution in [0.25, 0.3) is 27.7 Å². The summed E-state index contributed by atoms with van der Waals surface area (Å²) in [6.45, 7) is 3.76. The molecule has 0 unspecified atom stereocenters. The number of carbonyl (C=O) groups excluding carboxylic acids is 1. The van der Waals surface area contributed by atoms with E-state index in [-0.39, 0.29) is 0 Å². The van der Waals surface area contributed by atoms with E-state index in [0.717, 1.165) is 28.3 Å². The molecule has 3 aromatic rings. The lowest BCUT2D eigenvalue weighted by Gasteiger charge is -2.08. The fourth-order valence-corrected chi connectivity index (χ4v) is 2.03. The Balaban J connectivity index is 2.40. The first-order valence-corrected chi connectivity index (χ1v) is 5.61. The van der Waals surface area contributed by atoms with Crippen LogP contribution >= 0.6 is 0 Å². The van der Waals surface area contributed by atoms with E-state index in [0.29, 0.717) is 11.3 Å². The number of hydrogen-bond donors (Lipinski definition) is 0. The first-order valence-electron chi connectivity index (χ1n) is 5.61. The van der Waals surface area contributed by atoms with Crippen molar-refractivity contribution in [1.82, 2.24) is 15.4 Å². The monoisotopic (exact) mass is 251 g/mol. The number of fused-ring (bicyclic) bond motifs is 1. The zero-order chi connectivity index (χ0) is 13.2. The van der Waals surface area contributed by atoms with Crippen molar-refractivity contribution >= 4 is 22.8 Å². The second-order valence-electron chi connectivity index (χ2n) is 3.99. The van der Waals surface area contributed by atoms with Crippen LogP contribution in [0.4, 0.5) is 0 Å². The molecule has 1 aromatic carbocycles. The zero-order valence-corrected chi connectivity index (χ0v) is 9.91. The molecule has 0 saturated heterocycles. The summed E-state index contributed by atoms with van der Waals surface area (Å²) in [6.07, 6.45) is 3.86. The Morgan fingerprint density at radius 1 is 1.32 bits per heavy atom. The highest BCUT2D eigenvalue weighted by Gasteiger charge is 2.13. The molecule has 0 aliphatic carbocycles. The maximum absolute atomic E-state index is 11.0. The number of carbonyl (C=O) groups is 1. The van der Waals surface area contributed by atoms with Gasteiger partial charge >= 0.3 is 0 Å². The number of rotatable bonds is 3. The van der Waals surface area contributed by atoms with Gasteiger partial charge < -0.3 is 4.52 Å². The molecule has 0 aliphatic rings. The summed E-state index contributed by atoms with van der Waals surface area (Å²) < 4.78 is 4.77. The molecule has 5 nitrogen and oxygen atoms in total. The van der Waals surface area contributed by atoms with Crippen LogP contribution in [0.5, 0.6) is 0 Å². The van der Waals surface area contributed by atoms with Crippen molar-refractivity contribution in [2.24, 2.45) is 0 Å². The van der Waals surface area contributed by atoms with E-state index < -0.39 is 0 Å². The van der Waals surface area contributed by atoms with Crippen LogP contribution in [0.1, 0.15) is 5.56 Å². The third-order valence-electron chi connectivity index (χ3n) is 2.89. The van der Waals surface area contributed by atoms with Crippen LogP contribution in [0, 0.1) is 0 Å². The van der Waals surface area contributed by atoms with Gasteiger partial charge in [0.2, 0.25) is 0 Å². The minimum absolute atomic E-state index is 0.399. The van der Waals surface area contributed by atoms with E-state index in [1.807, 2.05) is 24.3 Å². The van der Waals surface area contributed by atoms with Gasteiger partial charge in [0.25, 0.3) is 0 Å². The van der Waals surface area contributed by atoms with Gasteiger partial charge in [0.05, 0.1) is 5.52 Å². The van der Waals surface area contributed by atoms with Gasteiger partial charge in [-0.25, -0.2) is 0 Å². The lowest BCUT2D eigenvalue weighted by atomic mass is 9.97. The van der Waals surface area contributed by atoms with Crippen LogP contribution in [0.3, 0.4) is 0 Å². The van der Waals surface area contributed by atoms with Gasteiger partial charge in [-0.15, -0.1) is 5.10 Å². The van der Waals surface area contributed by atoms with Gasteiger partial charge in [0, 0.05) is 28.0 Å². The first kappa shape index (κ1) is 11.3. The average Bonchev–Trinajstić information content (AvgIpc) is 2.99. The second-order valence-corrected chi connectivity index (χ2v) is 3.99. The number of nitrogens with zero attached hydrogens (tertiary/aromatic N) is 3. The molecule has 0 radical (unpaired) electrons. The quantitative estimate of drug-likeness (QED) is 0.528. The SMILES string of the molecule is C=C(C=O)c1cccc2nccc(-c3conn3)c12. The standard InChI is InChI=1S/C14H9N3O2/c1-9(7-18)10-3-2-4-12-14(10)11(5-6-15-12)13-8-19-17-16-13/h2-8H,1H2. The van der Waals surface area contributed by atoms with Crippen molar-refractivity contribution in [3.05, 3.63) is 48.9 Å². The molecule has 0 N–H and O–H groups in total. The fraction of sp³-hybridized carbons (Fsp3) is 0. The second kappa shape index (κ2) is 4.45. The molecule has 0 bridgehead atoms. The van der Waals surface area contributed by atoms with Gasteiger partial charge in [-0.1, -0.05) is 18.7 Å². The predicted molar refractivity (Wildman–Crippen MR) is 70.1 cm³/mol. The Kier molecular flexibility index (Phi) is 2.64. The van der Waals surface area contributed by atoms with E-state index in [1.54, 1.807) is 6.20 Å². The average molecular weight is 251 g/mol. The molecule has 2 aromatic heterocycles. The van der Waals surface area contributed by atoms with Crippen LogP contribution in [-0.4, -0.2) is 21.6 Å². The molecule has 0 atom stereocenters. The largest absolute Gasteiger partial charge is 0.345 e. The van der Waals surface area contributed by atoms with Crippen LogP contribution in [0.15, 0.2) is 47.8 Å². The minimum atomic E-state index is 0.399. The van der Waals surface area contributed by atoms with Gasteiger partial charge in [-0.3, -0.25) is 9.78 Å². The Morgan fingerprint density at radius 2 is 2.21 bits per heavy atom. The lowest BCUT2D eigenvalue weighted by Crippen LogP contribution is -1.91. The van der Waals surface area contributed by atoms with E-state index >= 15 is 0 Å². The third kappa shape index (κ3) is 1.81. The summed E-state index contributed by atoms with van der Waals surface area (Å²) in [5.41, 5.74) is 3.30. The normalized spacial score (nSPS) is 10.5. The first-order chi connectivity index (χ1) is 9.31. The highest BCUT2D eigenvalue weighted by Crippen LogP contribution is 2.31. The molecule has 5 heteroatoms. The minimum Gasteiger partial charge on any atom is -0.345 e. The molecule has 92 valence electrons. The molecule has 0 spiro atoms. The zero-order valence-electron chi connectivity index (χ0n) is 9.91. The topological polar surface area (TPSA) is 68.9 Å². The van der Waals surface area contributed by atoms with Crippen molar-refractivity contribution in [1.29, 1.82) is 0 Å². The van der Waals surface area contributed by atoms with Gasteiger partial charge in [0.1, 0.15) is 12.0 Å². The number of allylic oxidation sites excluding steroid dienone is 1. The van der Waals surface area contributed by atoms with Gasteiger partial charge in [-0.05, 0) is 17.7 Å². The van der Waals surface area contributed by atoms with Gasteiger partial charge in [0.15, 0.2) is 6.26 Å². The molecule has 0 fully saturated rings. The Bertz CT molecular complexity index is 758. The van der Waals surface area contributed by atoms with Crippen molar-refractivity contribution < 1.29 is 9.32 Å². The molecular weight excluding hydrogens is 242 g/mol. The summed E-state index contributed by atoms with van der Waals surface area (Å²) >= 11 is 0. The Hall–Kier alpha value is -2.82. The number of aromatic nitrogens is 3. The van der Waals surface area contributed by atoms with Crippen molar-refractivity contribution in [2.75, 3.05) is 0 Å². The number of benzene rings is 1. The summed E-state index contributed by atoms with van der Waals surface area (Å²) in [5, 5.41) is 8.18. The summed E-state index contributed by atoms with van der Waals surface area (Å²) in [7, 11) is 0. The molecule has 2 heterocycles. The predicted octanol–water partition coefficient (Wildman–Crippen LogP) is 2.50. The number of hydrogen-bond acceptors (Lipinski definition) is 5. The maximum atomic E-state index is 11.0. The molecular formula is C14H9N3O2. The molecule has 0 saturated carbocycles. The van der Waals surface area contributed by atoms with E-state index in [4.69, 9.17) is 4.52 Å². The number of aldehydes is 1. The van der Waals surface area contributed by atoms with E-state index in [1.165, 1.54) is 6.26 Å². The van der Waals surface area contributed by atoms with Crippen molar-refractivity contribution in [3.8, 4) is 11.3 Å². The smallest absolute Gasteiger partial charge is 0.152 e. The molecule has 0 amide bonds. The summed E-state index contributed by atoms with van der Waals surface area (Å²) in [4.78, 5) is 15.3. The summed E-state index contributed by atoms with van der Waals surface area (Å²) in [6, 6.07) is 7.35.